The van der Waals surface area contributed by atoms with Crippen molar-refractivity contribution in [1.29, 1.82) is 0 Å². The van der Waals surface area contributed by atoms with E-state index in [1.807, 2.05) is 43.3 Å². The van der Waals surface area contributed by atoms with Crippen molar-refractivity contribution in [2.45, 2.75) is 12.8 Å². The van der Waals surface area contributed by atoms with Crippen molar-refractivity contribution in [3.05, 3.63) is 71.7 Å². The van der Waals surface area contributed by atoms with E-state index in [2.05, 4.69) is 5.16 Å². The minimum absolute atomic E-state index is 0.0784. The molecule has 0 saturated heterocycles. The van der Waals surface area contributed by atoms with Gasteiger partial charge in [0.05, 0.1) is 5.69 Å². The van der Waals surface area contributed by atoms with Gasteiger partial charge in [-0.15, -0.1) is 0 Å². The molecule has 0 aliphatic carbocycles. The fraction of sp³-hybridized carbons (Fsp3) is 0.118. The summed E-state index contributed by atoms with van der Waals surface area (Å²) >= 11 is 0. The highest BCUT2D eigenvalue weighted by Crippen LogP contribution is 2.29. The number of rotatable bonds is 3. The van der Waals surface area contributed by atoms with Gasteiger partial charge in [0.2, 0.25) is 5.88 Å². The molecule has 0 aliphatic rings. The van der Waals surface area contributed by atoms with Crippen LogP contribution in [0.3, 0.4) is 0 Å². The van der Waals surface area contributed by atoms with Gasteiger partial charge in [-0.1, -0.05) is 54.5 Å². The monoisotopic (exact) mass is 282 g/mol. The molecule has 1 aromatic heterocycles. The van der Waals surface area contributed by atoms with E-state index < -0.39 is 0 Å². The normalized spacial score (nSPS) is 12.3. The highest BCUT2D eigenvalue weighted by molar-refractivity contribution is 5.64. The Hall–Kier alpha value is -2.62. The molecule has 3 rings (SSSR count). The van der Waals surface area contributed by atoms with Crippen LogP contribution in [0, 0.1) is 5.82 Å². The molecule has 0 amide bonds. The molecule has 106 valence electrons. The van der Waals surface area contributed by atoms with Crippen LogP contribution in [0.2, 0.25) is 0 Å². The summed E-state index contributed by atoms with van der Waals surface area (Å²) < 4.78 is 19.2. The first-order valence-electron chi connectivity index (χ1n) is 6.72. The van der Waals surface area contributed by atoms with E-state index in [-0.39, 0.29) is 17.6 Å². The Balaban J connectivity index is 1.94. The predicted octanol–water partition coefficient (Wildman–Crippen LogP) is 4.21. The Morgan fingerprint density at radius 3 is 2.48 bits per heavy atom. The molecule has 0 radical (unpaired) electrons. The molecule has 0 bridgehead atoms. The molecular formula is C17H15FN2O. The van der Waals surface area contributed by atoms with E-state index in [9.17, 15) is 4.39 Å². The molecule has 1 atom stereocenters. The van der Waals surface area contributed by atoms with Crippen molar-refractivity contribution in [2.75, 3.05) is 5.73 Å². The van der Waals surface area contributed by atoms with Crippen LogP contribution in [0.5, 0.6) is 0 Å². The van der Waals surface area contributed by atoms with Crippen molar-refractivity contribution in [2.24, 2.45) is 0 Å². The molecule has 3 nitrogen and oxygen atoms in total. The second kappa shape index (κ2) is 5.40. The third-order valence-corrected chi connectivity index (χ3v) is 3.57. The van der Waals surface area contributed by atoms with E-state index in [1.165, 1.54) is 6.07 Å². The number of nitrogens with two attached hydrogens (primary N) is 1. The second-order valence-electron chi connectivity index (χ2n) is 4.98. The molecule has 0 spiro atoms. The van der Waals surface area contributed by atoms with Crippen molar-refractivity contribution >= 4 is 5.88 Å². The van der Waals surface area contributed by atoms with Crippen LogP contribution >= 0.6 is 0 Å². The zero-order valence-electron chi connectivity index (χ0n) is 11.6. The molecule has 0 fully saturated rings. The largest absolute Gasteiger partial charge is 0.368 e. The summed E-state index contributed by atoms with van der Waals surface area (Å²) in [5, 5.41) is 3.88. The van der Waals surface area contributed by atoms with Gasteiger partial charge in [-0.3, -0.25) is 0 Å². The van der Waals surface area contributed by atoms with Gasteiger partial charge in [-0.2, -0.15) is 0 Å². The third kappa shape index (κ3) is 2.65. The van der Waals surface area contributed by atoms with Crippen molar-refractivity contribution < 1.29 is 8.91 Å². The van der Waals surface area contributed by atoms with Crippen LogP contribution in [0.15, 0.2) is 59.1 Å². The summed E-state index contributed by atoms with van der Waals surface area (Å²) in [7, 11) is 0. The van der Waals surface area contributed by atoms with E-state index in [4.69, 9.17) is 10.3 Å². The van der Waals surface area contributed by atoms with Crippen LogP contribution in [0.4, 0.5) is 10.3 Å². The highest BCUT2D eigenvalue weighted by atomic mass is 19.1. The average Bonchev–Trinajstić information content (AvgIpc) is 2.94. The standard InChI is InChI=1S/C17H15FN2O/c1-11(16-10-17(19)21-20-16)13-7-8-14(15(18)9-13)12-5-3-2-4-6-12/h2-11H,19H2,1H3. The minimum atomic E-state index is -0.248. The van der Waals surface area contributed by atoms with Crippen LogP contribution in [0.1, 0.15) is 24.1 Å². The van der Waals surface area contributed by atoms with Gasteiger partial charge >= 0.3 is 0 Å². The maximum atomic E-state index is 14.3. The van der Waals surface area contributed by atoms with E-state index >= 15 is 0 Å². The van der Waals surface area contributed by atoms with Crippen LogP contribution in [-0.4, -0.2) is 5.16 Å². The molecule has 2 N–H and O–H groups in total. The number of aromatic nitrogens is 1. The Morgan fingerprint density at radius 2 is 1.86 bits per heavy atom. The molecule has 2 aromatic carbocycles. The summed E-state index contributed by atoms with van der Waals surface area (Å²) in [6.07, 6.45) is 0. The number of hydrogen-bond donors (Lipinski definition) is 1. The van der Waals surface area contributed by atoms with Gasteiger partial charge in [0.15, 0.2) is 0 Å². The lowest BCUT2D eigenvalue weighted by Gasteiger charge is -2.11. The van der Waals surface area contributed by atoms with Gasteiger partial charge in [0.25, 0.3) is 0 Å². The quantitative estimate of drug-likeness (QED) is 0.782. The van der Waals surface area contributed by atoms with Gasteiger partial charge < -0.3 is 10.3 Å². The number of nitrogen functional groups attached to an aromatic ring is 1. The number of anilines is 1. The fourth-order valence-electron chi connectivity index (χ4n) is 2.33. The van der Waals surface area contributed by atoms with Crippen LogP contribution in [0.25, 0.3) is 11.1 Å². The molecule has 0 saturated carbocycles. The lowest BCUT2D eigenvalue weighted by Crippen LogP contribution is -1.98. The summed E-state index contributed by atoms with van der Waals surface area (Å²) in [5.41, 5.74) is 8.50. The molecule has 0 aliphatic heterocycles. The summed E-state index contributed by atoms with van der Waals surface area (Å²) in [6, 6.07) is 16.4. The van der Waals surface area contributed by atoms with E-state index in [0.29, 0.717) is 11.3 Å². The molecule has 1 heterocycles. The van der Waals surface area contributed by atoms with Gasteiger partial charge in [0.1, 0.15) is 5.82 Å². The molecule has 4 heteroatoms. The summed E-state index contributed by atoms with van der Waals surface area (Å²) in [4.78, 5) is 0. The molecule has 3 aromatic rings. The molecular weight excluding hydrogens is 267 g/mol. The van der Waals surface area contributed by atoms with Crippen LogP contribution < -0.4 is 5.73 Å². The number of nitrogens with zero attached hydrogens (tertiary/aromatic N) is 1. The van der Waals surface area contributed by atoms with Gasteiger partial charge in [-0.05, 0) is 17.2 Å². The zero-order chi connectivity index (χ0) is 14.8. The first kappa shape index (κ1) is 13.4. The molecule has 1 unspecified atom stereocenters. The first-order chi connectivity index (χ1) is 10.1. The predicted molar refractivity (Wildman–Crippen MR) is 80.3 cm³/mol. The van der Waals surface area contributed by atoms with Crippen molar-refractivity contribution in [3.63, 3.8) is 0 Å². The highest BCUT2D eigenvalue weighted by Gasteiger charge is 2.15. The number of benzene rings is 2. The lowest BCUT2D eigenvalue weighted by atomic mass is 9.95. The Labute approximate surface area is 122 Å². The van der Waals surface area contributed by atoms with Crippen molar-refractivity contribution in [3.8, 4) is 11.1 Å². The topological polar surface area (TPSA) is 52.0 Å². The maximum Gasteiger partial charge on any atom is 0.222 e. The number of halogens is 1. The summed E-state index contributed by atoms with van der Waals surface area (Å²) in [5.74, 6) is -0.0642. The average molecular weight is 282 g/mol. The van der Waals surface area contributed by atoms with Gasteiger partial charge in [-0.25, -0.2) is 4.39 Å². The second-order valence-corrected chi connectivity index (χ2v) is 4.98. The molecule has 21 heavy (non-hydrogen) atoms. The lowest BCUT2D eigenvalue weighted by molar-refractivity contribution is 0.425. The first-order valence-corrected chi connectivity index (χ1v) is 6.72. The fourth-order valence-corrected chi connectivity index (χ4v) is 2.33. The number of hydrogen-bond acceptors (Lipinski definition) is 3. The zero-order valence-corrected chi connectivity index (χ0v) is 11.6. The SMILES string of the molecule is CC(c1ccc(-c2ccccc2)c(F)c1)c1cc(N)on1. The summed E-state index contributed by atoms with van der Waals surface area (Å²) in [6.45, 7) is 1.94. The Bertz CT molecular complexity index is 752. The third-order valence-electron chi connectivity index (χ3n) is 3.57. The van der Waals surface area contributed by atoms with E-state index in [0.717, 1.165) is 11.1 Å². The Kier molecular flexibility index (Phi) is 3.44. The van der Waals surface area contributed by atoms with Crippen LogP contribution in [-0.2, 0) is 0 Å². The van der Waals surface area contributed by atoms with E-state index in [1.54, 1.807) is 12.1 Å². The van der Waals surface area contributed by atoms with Crippen molar-refractivity contribution in [1.82, 2.24) is 5.16 Å². The van der Waals surface area contributed by atoms with Gasteiger partial charge in [0, 0.05) is 17.5 Å². The minimum Gasteiger partial charge on any atom is -0.368 e. The smallest absolute Gasteiger partial charge is 0.222 e. The maximum absolute atomic E-state index is 14.3. The Morgan fingerprint density at radius 1 is 1.10 bits per heavy atom.